The number of rotatable bonds is 7. The Hall–Kier alpha value is -3.22. The predicted octanol–water partition coefficient (Wildman–Crippen LogP) is 6.58. The fourth-order valence-electron chi connectivity index (χ4n) is 5.97. The molecule has 0 unspecified atom stereocenters. The molecule has 0 aliphatic heterocycles. The summed E-state index contributed by atoms with van der Waals surface area (Å²) in [7, 11) is 3.64. The van der Waals surface area contributed by atoms with Crippen molar-refractivity contribution >= 4 is 22.5 Å². The molecule has 1 N–H and O–H groups in total. The first-order chi connectivity index (χ1) is 18.8. The molecule has 1 fully saturated rings. The molecule has 5 rings (SSSR count). The molecule has 204 valence electrons. The molecule has 39 heavy (non-hydrogen) atoms. The van der Waals surface area contributed by atoms with E-state index in [0.29, 0.717) is 30.1 Å². The van der Waals surface area contributed by atoms with Crippen molar-refractivity contribution in [1.29, 1.82) is 0 Å². The van der Waals surface area contributed by atoms with Gasteiger partial charge in [0, 0.05) is 53.6 Å². The van der Waals surface area contributed by atoms with Crippen molar-refractivity contribution in [2.24, 2.45) is 0 Å². The highest BCUT2D eigenvalue weighted by Gasteiger charge is 2.35. The number of carbonyl (C=O) groups excluding carboxylic acids is 1. The standard InChI is InChI=1S/C32H35ClFN3O2/c1-19-5-11-28(34)30-26(19)17-27(31(30)33)32(38)37(25-9-7-24(35-3)8-10-25)18-23-16-21(6-12-29(23)39-4)22-13-14-36-20(2)15-22/h5-6,11-16,24-25,35H,7-10,17-18H2,1-4H3. The average Bonchev–Trinajstić information content (AvgIpc) is 3.31. The van der Waals surface area contributed by atoms with E-state index in [2.05, 4.69) is 16.4 Å². The van der Waals surface area contributed by atoms with Gasteiger partial charge in [0.1, 0.15) is 11.6 Å². The minimum atomic E-state index is -0.383. The van der Waals surface area contributed by atoms with Gasteiger partial charge in [-0.3, -0.25) is 9.78 Å². The minimum Gasteiger partial charge on any atom is -0.496 e. The third kappa shape index (κ3) is 5.45. The van der Waals surface area contributed by atoms with Crippen molar-refractivity contribution < 1.29 is 13.9 Å². The number of benzene rings is 2. The van der Waals surface area contributed by atoms with Crippen molar-refractivity contribution in [2.75, 3.05) is 14.2 Å². The summed E-state index contributed by atoms with van der Waals surface area (Å²) in [5.41, 5.74) is 6.52. The van der Waals surface area contributed by atoms with E-state index >= 15 is 0 Å². The average molecular weight is 548 g/mol. The zero-order valence-electron chi connectivity index (χ0n) is 23.0. The lowest BCUT2D eigenvalue weighted by Crippen LogP contribution is -2.45. The number of pyridine rings is 1. The first-order valence-corrected chi connectivity index (χ1v) is 13.9. The molecule has 0 saturated heterocycles. The topological polar surface area (TPSA) is 54.5 Å². The Balaban J connectivity index is 1.52. The summed E-state index contributed by atoms with van der Waals surface area (Å²) in [4.78, 5) is 20.6. The van der Waals surface area contributed by atoms with Gasteiger partial charge in [0.15, 0.2) is 0 Å². The van der Waals surface area contributed by atoms with Gasteiger partial charge in [-0.25, -0.2) is 4.39 Å². The Morgan fingerprint density at radius 1 is 1.10 bits per heavy atom. The Labute approximate surface area is 235 Å². The second kappa shape index (κ2) is 11.5. The molecule has 3 aromatic rings. The number of hydrogen-bond acceptors (Lipinski definition) is 4. The van der Waals surface area contributed by atoms with E-state index in [1.165, 1.54) is 6.07 Å². The van der Waals surface area contributed by atoms with Gasteiger partial charge in [-0.05, 0) is 99.2 Å². The number of nitrogens with one attached hydrogen (secondary N) is 1. The van der Waals surface area contributed by atoms with Crippen molar-refractivity contribution in [3.8, 4) is 16.9 Å². The van der Waals surface area contributed by atoms with Crippen molar-refractivity contribution in [2.45, 2.75) is 64.6 Å². The van der Waals surface area contributed by atoms with E-state index in [0.717, 1.165) is 64.9 Å². The highest BCUT2D eigenvalue weighted by molar-refractivity contribution is 6.52. The normalized spacial score (nSPS) is 18.7. The third-order valence-corrected chi connectivity index (χ3v) is 8.67. The van der Waals surface area contributed by atoms with Gasteiger partial charge in [0.05, 0.1) is 12.1 Å². The van der Waals surface area contributed by atoms with Crippen LogP contribution in [-0.2, 0) is 17.8 Å². The van der Waals surface area contributed by atoms with Crippen molar-refractivity contribution in [3.05, 3.63) is 88.0 Å². The number of carbonyl (C=O) groups is 1. The van der Waals surface area contributed by atoms with Crippen molar-refractivity contribution in [3.63, 3.8) is 0 Å². The number of amides is 1. The first-order valence-electron chi connectivity index (χ1n) is 13.6. The van der Waals surface area contributed by atoms with Gasteiger partial charge >= 0.3 is 0 Å². The van der Waals surface area contributed by atoms with Gasteiger partial charge in [-0.15, -0.1) is 0 Å². The zero-order chi connectivity index (χ0) is 27.7. The van der Waals surface area contributed by atoms with Crippen LogP contribution in [0.4, 0.5) is 4.39 Å². The van der Waals surface area contributed by atoms with Gasteiger partial charge < -0.3 is 15.0 Å². The Kier molecular flexibility index (Phi) is 8.06. The highest BCUT2D eigenvalue weighted by Crippen LogP contribution is 2.41. The summed E-state index contributed by atoms with van der Waals surface area (Å²) < 4.78 is 20.5. The fourth-order valence-corrected chi connectivity index (χ4v) is 6.32. The number of nitrogens with zero attached hydrogens (tertiary/aromatic N) is 2. The maximum absolute atomic E-state index is 14.8. The number of fused-ring (bicyclic) bond motifs is 1. The largest absolute Gasteiger partial charge is 0.496 e. The van der Waals surface area contributed by atoms with Crippen LogP contribution in [-0.4, -0.2) is 42.0 Å². The molecule has 1 heterocycles. The third-order valence-electron chi connectivity index (χ3n) is 8.25. The zero-order valence-corrected chi connectivity index (χ0v) is 23.7. The monoisotopic (exact) mass is 547 g/mol. The molecule has 7 heteroatoms. The van der Waals surface area contributed by atoms with E-state index in [-0.39, 0.29) is 22.8 Å². The number of aromatic nitrogens is 1. The molecule has 2 aliphatic rings. The van der Waals surface area contributed by atoms with Crippen LogP contribution in [0.5, 0.6) is 5.75 Å². The van der Waals surface area contributed by atoms with E-state index in [9.17, 15) is 9.18 Å². The van der Waals surface area contributed by atoms with E-state index in [1.807, 2.05) is 50.1 Å². The van der Waals surface area contributed by atoms with Crippen LogP contribution in [0.1, 0.15) is 53.6 Å². The van der Waals surface area contributed by atoms with Crippen LogP contribution in [0.3, 0.4) is 0 Å². The molecular formula is C32H35ClFN3O2. The Morgan fingerprint density at radius 3 is 2.51 bits per heavy atom. The summed E-state index contributed by atoms with van der Waals surface area (Å²) in [5, 5.41) is 3.61. The number of ether oxygens (including phenoxy) is 1. The minimum absolute atomic E-state index is 0.0465. The second-order valence-electron chi connectivity index (χ2n) is 10.6. The van der Waals surface area contributed by atoms with Gasteiger partial charge in [0.2, 0.25) is 0 Å². The van der Waals surface area contributed by atoms with Crippen LogP contribution in [0.15, 0.2) is 54.2 Å². The lowest BCUT2D eigenvalue weighted by molar-refractivity contribution is -0.130. The quantitative estimate of drug-likeness (QED) is 0.363. The van der Waals surface area contributed by atoms with Gasteiger partial charge in [-0.1, -0.05) is 23.7 Å². The smallest absolute Gasteiger partial charge is 0.252 e. The number of methoxy groups -OCH3 is 1. The lowest BCUT2D eigenvalue weighted by Gasteiger charge is -2.37. The van der Waals surface area contributed by atoms with E-state index < -0.39 is 0 Å². The van der Waals surface area contributed by atoms with Crippen LogP contribution < -0.4 is 10.1 Å². The Bertz CT molecular complexity index is 1430. The summed E-state index contributed by atoms with van der Waals surface area (Å²) >= 11 is 6.74. The molecule has 1 aromatic heterocycles. The van der Waals surface area contributed by atoms with Crippen molar-refractivity contribution in [1.82, 2.24) is 15.2 Å². The number of halogens is 2. The van der Waals surface area contributed by atoms with E-state index in [4.69, 9.17) is 16.3 Å². The number of hydrogen-bond donors (Lipinski definition) is 1. The van der Waals surface area contributed by atoms with Crippen LogP contribution in [0, 0.1) is 19.7 Å². The highest BCUT2D eigenvalue weighted by atomic mass is 35.5. The van der Waals surface area contributed by atoms with Crippen LogP contribution in [0.2, 0.25) is 0 Å². The molecule has 0 atom stereocenters. The van der Waals surface area contributed by atoms with Gasteiger partial charge in [0.25, 0.3) is 5.91 Å². The molecule has 0 spiro atoms. The SMILES string of the molecule is CNC1CCC(N(Cc2cc(-c3ccnc(C)c3)ccc2OC)C(=O)C2=C(Cl)c3c(F)ccc(C)c3C2)CC1. The maximum Gasteiger partial charge on any atom is 0.252 e. The number of aryl methyl sites for hydroxylation is 2. The molecule has 5 nitrogen and oxygen atoms in total. The molecule has 1 saturated carbocycles. The van der Waals surface area contributed by atoms with Gasteiger partial charge in [-0.2, -0.15) is 0 Å². The first kappa shape index (κ1) is 27.4. The fraction of sp³-hybridized carbons (Fsp3) is 0.375. The summed E-state index contributed by atoms with van der Waals surface area (Å²) in [6.07, 6.45) is 5.88. The van der Waals surface area contributed by atoms with Crippen LogP contribution in [0.25, 0.3) is 16.2 Å². The van der Waals surface area contributed by atoms with E-state index in [1.54, 1.807) is 19.4 Å². The summed E-state index contributed by atoms with van der Waals surface area (Å²) in [5.74, 6) is 0.213. The van der Waals surface area contributed by atoms with Crippen LogP contribution >= 0.6 is 11.6 Å². The molecular weight excluding hydrogens is 513 g/mol. The molecule has 1 amide bonds. The molecule has 2 aromatic carbocycles. The Morgan fingerprint density at radius 2 is 1.85 bits per heavy atom. The maximum atomic E-state index is 14.8. The predicted molar refractivity (Wildman–Crippen MR) is 154 cm³/mol. The lowest BCUT2D eigenvalue weighted by atomic mass is 9.89. The summed E-state index contributed by atoms with van der Waals surface area (Å²) in [6, 6.07) is 13.8. The second-order valence-corrected chi connectivity index (χ2v) is 11.0. The molecule has 0 bridgehead atoms. The molecule has 2 aliphatic carbocycles. The molecule has 0 radical (unpaired) electrons. The summed E-state index contributed by atoms with van der Waals surface area (Å²) in [6.45, 7) is 4.28.